The van der Waals surface area contributed by atoms with Crippen LogP contribution in [0.4, 0.5) is 5.69 Å². The maximum Gasteiger partial charge on any atom is 0.289 e. The summed E-state index contributed by atoms with van der Waals surface area (Å²) < 4.78 is 11.4. The van der Waals surface area contributed by atoms with E-state index >= 15 is 0 Å². The monoisotopic (exact) mass is 320 g/mol. The van der Waals surface area contributed by atoms with Crippen molar-refractivity contribution in [2.24, 2.45) is 0 Å². The lowest BCUT2D eigenvalue weighted by molar-refractivity contribution is -0.385. The number of nitrogens with zero attached hydrogens (tertiary/aromatic N) is 2. The molecule has 0 aliphatic carbocycles. The Balaban J connectivity index is 1.99. The Kier molecular flexibility index (Phi) is 3.41. The summed E-state index contributed by atoms with van der Waals surface area (Å²) in [6.07, 6.45) is 1.12. The summed E-state index contributed by atoms with van der Waals surface area (Å²) in [7, 11) is 0. The van der Waals surface area contributed by atoms with Gasteiger partial charge in [0.05, 0.1) is 11.5 Å². The molecule has 0 unspecified atom stereocenters. The number of fused-ring (bicyclic) bond motifs is 1. The third-order valence-corrected chi connectivity index (χ3v) is 3.73. The van der Waals surface area contributed by atoms with Crippen molar-refractivity contribution in [3.63, 3.8) is 0 Å². The van der Waals surface area contributed by atoms with E-state index in [1.807, 2.05) is 12.1 Å². The second kappa shape index (κ2) is 5.14. The van der Waals surface area contributed by atoms with Crippen LogP contribution in [0, 0.1) is 10.1 Å². The van der Waals surface area contributed by atoms with E-state index in [0.717, 1.165) is 17.5 Å². The van der Waals surface area contributed by atoms with Crippen molar-refractivity contribution >= 4 is 17.3 Å². The highest BCUT2D eigenvalue weighted by Crippen LogP contribution is 2.45. The van der Waals surface area contributed by atoms with Crippen LogP contribution in [0.5, 0.6) is 17.4 Å². The van der Waals surface area contributed by atoms with Crippen LogP contribution in [0.3, 0.4) is 0 Å². The van der Waals surface area contributed by atoms with Crippen LogP contribution >= 0.6 is 11.6 Å². The number of benzene rings is 1. The van der Waals surface area contributed by atoms with E-state index in [9.17, 15) is 10.1 Å². The number of aromatic nitrogens is 1. The first kappa shape index (κ1) is 14.6. The zero-order valence-electron chi connectivity index (χ0n) is 12.0. The van der Waals surface area contributed by atoms with Crippen LogP contribution in [0.1, 0.15) is 19.4 Å². The van der Waals surface area contributed by atoms with Crippen molar-refractivity contribution in [1.82, 2.24) is 4.98 Å². The largest absolute Gasteiger partial charge is 0.492 e. The van der Waals surface area contributed by atoms with Crippen LogP contribution in [-0.4, -0.2) is 16.5 Å². The molecule has 0 N–H and O–H groups in total. The lowest BCUT2D eigenvalue weighted by Crippen LogP contribution is -2.19. The predicted octanol–water partition coefficient (Wildman–Crippen LogP) is 4.11. The summed E-state index contributed by atoms with van der Waals surface area (Å²) in [4.78, 5) is 14.1. The molecule has 0 radical (unpaired) electrons. The second-order valence-electron chi connectivity index (χ2n) is 5.64. The van der Waals surface area contributed by atoms with Gasteiger partial charge in [0.1, 0.15) is 22.7 Å². The Hall–Kier alpha value is -2.34. The van der Waals surface area contributed by atoms with Crippen molar-refractivity contribution in [3.05, 3.63) is 51.2 Å². The van der Waals surface area contributed by atoms with E-state index in [1.54, 1.807) is 6.07 Å². The average molecular weight is 321 g/mol. The van der Waals surface area contributed by atoms with Crippen molar-refractivity contribution in [1.29, 1.82) is 0 Å². The quantitative estimate of drug-likeness (QED) is 0.628. The average Bonchev–Trinajstić information content (AvgIpc) is 2.78. The Labute approximate surface area is 131 Å². The SMILES string of the molecule is CC1(C)COc2cccc(Oc3ncc([N+](=O)[O-])cc3Cl)c21. The van der Waals surface area contributed by atoms with Gasteiger partial charge in [-0.1, -0.05) is 31.5 Å². The molecule has 0 spiro atoms. The third-order valence-electron chi connectivity index (χ3n) is 3.46. The lowest BCUT2D eigenvalue weighted by Gasteiger charge is -2.18. The molecule has 1 aromatic carbocycles. The first-order valence-corrected chi connectivity index (χ1v) is 7.00. The molecule has 0 saturated heterocycles. The molecule has 0 saturated carbocycles. The van der Waals surface area contributed by atoms with Gasteiger partial charge in [-0.05, 0) is 12.1 Å². The molecule has 22 heavy (non-hydrogen) atoms. The minimum Gasteiger partial charge on any atom is -0.492 e. The maximum atomic E-state index is 10.7. The van der Waals surface area contributed by atoms with Crippen molar-refractivity contribution in [3.8, 4) is 17.4 Å². The number of pyridine rings is 1. The second-order valence-corrected chi connectivity index (χ2v) is 6.05. The fourth-order valence-corrected chi connectivity index (χ4v) is 2.61. The van der Waals surface area contributed by atoms with Crippen LogP contribution in [0.25, 0.3) is 0 Å². The Morgan fingerprint density at radius 3 is 2.91 bits per heavy atom. The summed E-state index contributed by atoms with van der Waals surface area (Å²) >= 11 is 6.02. The number of rotatable bonds is 3. The molecule has 114 valence electrons. The Bertz CT molecular complexity index is 761. The topological polar surface area (TPSA) is 74.5 Å². The molecule has 1 aliphatic rings. The predicted molar refractivity (Wildman–Crippen MR) is 80.9 cm³/mol. The molecule has 6 nitrogen and oxygen atoms in total. The molecule has 0 fully saturated rings. The number of hydrogen-bond donors (Lipinski definition) is 0. The summed E-state index contributed by atoms with van der Waals surface area (Å²) in [5.74, 6) is 1.48. The minimum absolute atomic E-state index is 0.0866. The molecule has 1 aliphatic heterocycles. The van der Waals surface area contributed by atoms with Gasteiger partial charge in [0.15, 0.2) is 0 Å². The molecule has 0 atom stereocenters. The molecule has 3 rings (SSSR count). The van der Waals surface area contributed by atoms with E-state index in [0.29, 0.717) is 12.4 Å². The normalized spacial score (nSPS) is 15.0. The van der Waals surface area contributed by atoms with Gasteiger partial charge in [-0.2, -0.15) is 0 Å². The third kappa shape index (κ3) is 2.46. The van der Waals surface area contributed by atoms with E-state index < -0.39 is 4.92 Å². The van der Waals surface area contributed by atoms with Gasteiger partial charge in [-0.15, -0.1) is 0 Å². The van der Waals surface area contributed by atoms with Crippen LogP contribution in [-0.2, 0) is 5.41 Å². The number of nitro groups is 1. The molecule has 7 heteroatoms. The van der Waals surface area contributed by atoms with Crippen molar-refractivity contribution < 1.29 is 14.4 Å². The molecule has 0 bridgehead atoms. The molecule has 1 aromatic heterocycles. The van der Waals surface area contributed by atoms with Gasteiger partial charge < -0.3 is 9.47 Å². The van der Waals surface area contributed by atoms with Crippen molar-refractivity contribution in [2.45, 2.75) is 19.3 Å². The van der Waals surface area contributed by atoms with Crippen LogP contribution < -0.4 is 9.47 Å². The highest BCUT2D eigenvalue weighted by Gasteiger charge is 2.35. The van der Waals surface area contributed by atoms with E-state index in [4.69, 9.17) is 21.1 Å². The van der Waals surface area contributed by atoms with Crippen LogP contribution in [0.15, 0.2) is 30.5 Å². The summed E-state index contributed by atoms with van der Waals surface area (Å²) in [6, 6.07) is 6.71. The van der Waals surface area contributed by atoms with E-state index in [-0.39, 0.29) is 22.0 Å². The highest BCUT2D eigenvalue weighted by atomic mass is 35.5. The molecular formula is C15H13ClN2O4. The molecule has 2 aromatic rings. The van der Waals surface area contributed by atoms with Gasteiger partial charge in [0.25, 0.3) is 5.69 Å². The summed E-state index contributed by atoms with van der Waals surface area (Å²) in [5, 5.41) is 10.8. The zero-order chi connectivity index (χ0) is 15.9. The molecule has 2 heterocycles. The Morgan fingerprint density at radius 1 is 1.45 bits per heavy atom. The minimum atomic E-state index is -0.556. The lowest BCUT2D eigenvalue weighted by atomic mass is 9.86. The Morgan fingerprint density at radius 2 is 2.23 bits per heavy atom. The van der Waals surface area contributed by atoms with Gasteiger partial charge in [-0.3, -0.25) is 10.1 Å². The number of halogens is 1. The zero-order valence-corrected chi connectivity index (χ0v) is 12.8. The fraction of sp³-hybridized carbons (Fsp3) is 0.267. The standard InChI is InChI=1S/C15H13ClN2O4/c1-15(2)8-21-11-4-3-5-12(13(11)15)22-14-10(16)6-9(7-17-14)18(19)20/h3-7H,8H2,1-2H3. The smallest absolute Gasteiger partial charge is 0.289 e. The molecule has 0 amide bonds. The van der Waals surface area contributed by atoms with Gasteiger partial charge in [-0.25, -0.2) is 4.98 Å². The summed E-state index contributed by atoms with van der Waals surface area (Å²) in [5.41, 5.74) is 0.560. The fourth-order valence-electron chi connectivity index (χ4n) is 2.41. The van der Waals surface area contributed by atoms with E-state index in [1.165, 1.54) is 6.07 Å². The van der Waals surface area contributed by atoms with Gasteiger partial charge in [0, 0.05) is 17.0 Å². The van der Waals surface area contributed by atoms with Gasteiger partial charge in [0.2, 0.25) is 5.88 Å². The highest BCUT2D eigenvalue weighted by molar-refractivity contribution is 6.32. The first-order chi connectivity index (χ1) is 10.4. The summed E-state index contributed by atoms with van der Waals surface area (Å²) in [6.45, 7) is 4.66. The van der Waals surface area contributed by atoms with Crippen LogP contribution in [0.2, 0.25) is 5.02 Å². The molecular weight excluding hydrogens is 308 g/mol. The van der Waals surface area contributed by atoms with Gasteiger partial charge >= 0.3 is 0 Å². The number of ether oxygens (including phenoxy) is 2. The first-order valence-electron chi connectivity index (χ1n) is 6.62. The van der Waals surface area contributed by atoms with Crippen molar-refractivity contribution in [2.75, 3.05) is 6.61 Å². The number of hydrogen-bond acceptors (Lipinski definition) is 5. The van der Waals surface area contributed by atoms with E-state index in [2.05, 4.69) is 18.8 Å². The maximum absolute atomic E-state index is 10.7.